The maximum atomic E-state index is 6.20. The lowest BCUT2D eigenvalue weighted by molar-refractivity contribution is 0.685. The van der Waals surface area contributed by atoms with Crippen molar-refractivity contribution in [2.24, 2.45) is 5.73 Å². The van der Waals surface area contributed by atoms with Crippen molar-refractivity contribution in [3.63, 3.8) is 0 Å². The van der Waals surface area contributed by atoms with Gasteiger partial charge in [-0.15, -0.1) is 0 Å². The van der Waals surface area contributed by atoms with Gasteiger partial charge in [-0.2, -0.15) is 0 Å². The molecule has 0 saturated carbocycles. The molecule has 2 N–H and O–H groups in total. The van der Waals surface area contributed by atoms with Crippen LogP contribution in [0.4, 0.5) is 0 Å². The Hall–Kier alpha value is -1.25. The van der Waals surface area contributed by atoms with Gasteiger partial charge in [-0.05, 0) is 49.1 Å². The van der Waals surface area contributed by atoms with Gasteiger partial charge in [-0.3, -0.25) is 0 Å². The van der Waals surface area contributed by atoms with Crippen LogP contribution in [0, 0.1) is 13.8 Å². The van der Waals surface area contributed by atoms with E-state index in [1.165, 1.54) is 26.5 Å². The summed E-state index contributed by atoms with van der Waals surface area (Å²) < 4.78 is 0. The van der Waals surface area contributed by atoms with E-state index in [1.807, 2.05) is 11.8 Å². The zero-order chi connectivity index (χ0) is 13.8. The molecule has 0 fully saturated rings. The minimum absolute atomic E-state index is 0.119. The molecule has 0 aliphatic rings. The molecular weight excluding hydrogens is 250 g/mol. The first-order chi connectivity index (χ1) is 9.11. The molecule has 0 aliphatic heterocycles. The SMILES string of the molecule is CC[C@H](N)c1ccccc1Sc1cc(C)ccc1C. The maximum absolute atomic E-state index is 6.20. The average Bonchev–Trinajstić information content (AvgIpc) is 2.42. The summed E-state index contributed by atoms with van der Waals surface area (Å²) in [5.41, 5.74) is 10.1. The molecule has 0 aromatic heterocycles. The fraction of sp³-hybridized carbons (Fsp3) is 0.294. The van der Waals surface area contributed by atoms with Crippen LogP contribution >= 0.6 is 11.8 Å². The van der Waals surface area contributed by atoms with Crippen molar-refractivity contribution in [2.75, 3.05) is 0 Å². The minimum Gasteiger partial charge on any atom is -0.324 e. The predicted molar refractivity (Wildman–Crippen MR) is 83.7 cm³/mol. The number of hydrogen-bond acceptors (Lipinski definition) is 2. The molecule has 1 nitrogen and oxygen atoms in total. The normalized spacial score (nSPS) is 12.4. The van der Waals surface area contributed by atoms with E-state index in [9.17, 15) is 0 Å². The zero-order valence-corrected chi connectivity index (χ0v) is 12.6. The third-order valence-electron chi connectivity index (χ3n) is 3.32. The van der Waals surface area contributed by atoms with E-state index in [2.05, 4.69) is 63.2 Å². The lowest BCUT2D eigenvalue weighted by atomic mass is 10.1. The molecular formula is C17H21NS. The van der Waals surface area contributed by atoms with Gasteiger partial charge in [0.15, 0.2) is 0 Å². The van der Waals surface area contributed by atoms with Crippen molar-refractivity contribution < 1.29 is 0 Å². The van der Waals surface area contributed by atoms with Crippen LogP contribution in [0.3, 0.4) is 0 Å². The van der Waals surface area contributed by atoms with Crippen molar-refractivity contribution in [3.05, 3.63) is 59.2 Å². The third-order valence-corrected chi connectivity index (χ3v) is 4.57. The van der Waals surface area contributed by atoms with Gasteiger partial charge >= 0.3 is 0 Å². The molecule has 0 bridgehead atoms. The van der Waals surface area contributed by atoms with E-state index in [1.54, 1.807) is 0 Å². The van der Waals surface area contributed by atoms with Gasteiger partial charge < -0.3 is 5.73 Å². The van der Waals surface area contributed by atoms with Gasteiger partial charge in [0.2, 0.25) is 0 Å². The molecule has 0 spiro atoms. The second kappa shape index (κ2) is 6.27. The minimum atomic E-state index is 0.119. The van der Waals surface area contributed by atoms with Crippen molar-refractivity contribution in [1.82, 2.24) is 0 Å². The van der Waals surface area contributed by atoms with E-state index in [4.69, 9.17) is 5.73 Å². The number of hydrogen-bond donors (Lipinski definition) is 1. The van der Waals surface area contributed by atoms with E-state index < -0.39 is 0 Å². The molecule has 0 saturated heterocycles. The topological polar surface area (TPSA) is 26.0 Å². The van der Waals surface area contributed by atoms with Crippen LogP contribution in [0.25, 0.3) is 0 Å². The number of benzene rings is 2. The molecule has 2 aromatic rings. The first-order valence-electron chi connectivity index (χ1n) is 6.71. The van der Waals surface area contributed by atoms with Crippen LogP contribution in [0.1, 0.15) is 36.1 Å². The number of rotatable bonds is 4. The van der Waals surface area contributed by atoms with Crippen LogP contribution in [0.5, 0.6) is 0 Å². The van der Waals surface area contributed by atoms with Crippen LogP contribution in [-0.4, -0.2) is 0 Å². The molecule has 0 aliphatic carbocycles. The summed E-state index contributed by atoms with van der Waals surface area (Å²) in [5, 5.41) is 0. The molecule has 0 unspecified atom stereocenters. The van der Waals surface area contributed by atoms with E-state index in [-0.39, 0.29) is 6.04 Å². The lowest BCUT2D eigenvalue weighted by Crippen LogP contribution is -2.09. The first kappa shape index (κ1) is 14.2. The molecule has 0 heterocycles. The summed E-state index contributed by atoms with van der Waals surface area (Å²) in [6.07, 6.45) is 0.963. The van der Waals surface area contributed by atoms with E-state index >= 15 is 0 Å². The fourth-order valence-corrected chi connectivity index (χ4v) is 3.23. The largest absolute Gasteiger partial charge is 0.324 e. The highest BCUT2D eigenvalue weighted by Gasteiger charge is 2.10. The lowest BCUT2D eigenvalue weighted by Gasteiger charge is -2.15. The Morgan fingerprint density at radius 2 is 1.79 bits per heavy atom. The number of nitrogens with two attached hydrogens (primary N) is 1. The van der Waals surface area contributed by atoms with Crippen molar-refractivity contribution >= 4 is 11.8 Å². The Morgan fingerprint density at radius 1 is 1.05 bits per heavy atom. The molecule has 100 valence electrons. The van der Waals surface area contributed by atoms with E-state index in [0.29, 0.717) is 0 Å². The Morgan fingerprint density at radius 3 is 2.53 bits per heavy atom. The predicted octanol–water partition coefficient (Wildman–Crippen LogP) is 4.86. The Kier molecular flexibility index (Phi) is 4.67. The summed E-state index contributed by atoms with van der Waals surface area (Å²) in [6.45, 7) is 6.42. The first-order valence-corrected chi connectivity index (χ1v) is 7.53. The Bertz CT molecular complexity index is 563. The highest BCUT2D eigenvalue weighted by atomic mass is 32.2. The molecule has 2 aromatic carbocycles. The third kappa shape index (κ3) is 3.40. The van der Waals surface area contributed by atoms with Gasteiger partial charge in [0, 0.05) is 15.8 Å². The van der Waals surface area contributed by atoms with Gasteiger partial charge in [-0.1, -0.05) is 49.0 Å². The molecule has 1 atom stereocenters. The summed E-state index contributed by atoms with van der Waals surface area (Å²) in [7, 11) is 0. The summed E-state index contributed by atoms with van der Waals surface area (Å²) in [4.78, 5) is 2.58. The van der Waals surface area contributed by atoms with Crippen LogP contribution in [0.2, 0.25) is 0 Å². The van der Waals surface area contributed by atoms with Crippen LogP contribution in [0.15, 0.2) is 52.3 Å². The second-order valence-corrected chi connectivity index (χ2v) is 6.01. The van der Waals surface area contributed by atoms with Crippen molar-refractivity contribution in [1.29, 1.82) is 0 Å². The standard InChI is InChI=1S/C17H21NS/c1-4-15(18)14-7-5-6-8-16(14)19-17-11-12(2)9-10-13(17)3/h5-11,15H,4,18H2,1-3H3/t15-/m0/s1. The zero-order valence-electron chi connectivity index (χ0n) is 11.8. The average molecular weight is 271 g/mol. The van der Waals surface area contributed by atoms with Crippen LogP contribution in [-0.2, 0) is 0 Å². The highest BCUT2D eigenvalue weighted by Crippen LogP contribution is 2.35. The quantitative estimate of drug-likeness (QED) is 0.859. The van der Waals surface area contributed by atoms with Gasteiger partial charge in [0.25, 0.3) is 0 Å². The highest BCUT2D eigenvalue weighted by molar-refractivity contribution is 7.99. The molecule has 2 rings (SSSR count). The fourth-order valence-electron chi connectivity index (χ4n) is 2.04. The van der Waals surface area contributed by atoms with Gasteiger partial charge in [0.05, 0.1) is 0 Å². The van der Waals surface area contributed by atoms with E-state index in [0.717, 1.165) is 6.42 Å². The monoisotopic (exact) mass is 271 g/mol. The van der Waals surface area contributed by atoms with Crippen molar-refractivity contribution in [3.8, 4) is 0 Å². The van der Waals surface area contributed by atoms with Crippen LogP contribution < -0.4 is 5.73 Å². The molecule has 0 radical (unpaired) electrons. The maximum Gasteiger partial charge on any atom is 0.0303 e. The van der Waals surface area contributed by atoms with Gasteiger partial charge in [-0.25, -0.2) is 0 Å². The Balaban J connectivity index is 2.35. The Labute approximate surface area is 120 Å². The number of aryl methyl sites for hydroxylation is 2. The molecule has 0 amide bonds. The summed E-state index contributed by atoms with van der Waals surface area (Å²) in [5.74, 6) is 0. The smallest absolute Gasteiger partial charge is 0.0303 e. The second-order valence-electron chi connectivity index (χ2n) is 4.92. The molecule has 2 heteroatoms. The van der Waals surface area contributed by atoms with Crippen molar-refractivity contribution in [2.45, 2.75) is 43.0 Å². The summed E-state index contributed by atoms with van der Waals surface area (Å²) in [6, 6.07) is 15.2. The molecule has 19 heavy (non-hydrogen) atoms. The summed E-state index contributed by atoms with van der Waals surface area (Å²) >= 11 is 1.82. The van der Waals surface area contributed by atoms with Gasteiger partial charge in [0.1, 0.15) is 0 Å².